The Labute approximate surface area is 420 Å². The Morgan fingerprint density at radius 1 is 1.00 bits per heavy atom. The molecule has 0 spiro atoms. The fraction of sp³-hybridized carbons (Fsp3) is 0.808. The average molecular weight is 1010 g/mol. The maximum absolute atomic E-state index is 14.7. The molecule has 0 radical (unpaired) electrons. The first kappa shape index (κ1) is 58.8. The van der Waals surface area contributed by atoms with Gasteiger partial charge in [0.1, 0.15) is 55.1 Å². The van der Waals surface area contributed by atoms with E-state index in [9.17, 15) is 39.5 Å². The standard InChI is InChI=1S/C52H86FN5O13/c1-15-41-52(10,65)45(61)33(6)57(12)26-29(2)23-50(8,64)47(31(4)42(32(5)48(63)70-41)40-24-51(9,67-14)46(62)34(7)69-40)71-49-43(60)38(22-30(3)68-49)56(11)21-20-37-27-58(55-54-37)39(25-53)44(66-13)36-18-16-35(28-59)17-19-36/h16-19,27-34,38-47,49,60-62,64-65H,15,20-26H2,1-14H3/t29-,30-,31+,32-,33-,34+,38+,39-,40-,41-,42?,43-,44-,45-,46+,47-,49+,50-,51-,52-/m1/s1. The van der Waals surface area contributed by atoms with E-state index in [-0.39, 0.29) is 25.2 Å². The third-order valence-electron chi connectivity index (χ3n) is 16.2. The van der Waals surface area contributed by atoms with Gasteiger partial charge in [-0.3, -0.25) is 9.59 Å². The second-order valence-electron chi connectivity index (χ2n) is 21.9. The van der Waals surface area contributed by atoms with Gasteiger partial charge in [-0.2, -0.15) is 0 Å². The molecule has 404 valence electrons. The number of aromatic nitrogens is 3. The molecule has 5 N–H and O–H groups in total. The molecule has 5 rings (SSSR count). The van der Waals surface area contributed by atoms with Crippen LogP contribution in [0.5, 0.6) is 0 Å². The summed E-state index contributed by atoms with van der Waals surface area (Å²) in [6.45, 7) is 17.8. The number of benzene rings is 1. The average Bonchev–Trinajstić information content (AvgIpc) is 3.80. The normalized spacial score (nSPS) is 40.4. The smallest absolute Gasteiger partial charge is 0.309 e. The molecule has 19 heteroatoms. The molecule has 1 unspecified atom stereocenters. The van der Waals surface area contributed by atoms with Crippen molar-refractivity contribution in [2.75, 3.05) is 48.1 Å². The van der Waals surface area contributed by atoms with E-state index >= 15 is 0 Å². The highest BCUT2D eigenvalue weighted by molar-refractivity contribution is 5.74. The summed E-state index contributed by atoms with van der Waals surface area (Å²) < 4.78 is 54.0. The predicted molar refractivity (Wildman–Crippen MR) is 262 cm³/mol. The van der Waals surface area contributed by atoms with Crippen LogP contribution in [-0.4, -0.2) is 195 Å². The Morgan fingerprint density at radius 2 is 1.66 bits per heavy atom. The lowest BCUT2D eigenvalue weighted by molar-refractivity contribution is -0.302. The van der Waals surface area contributed by atoms with Crippen molar-refractivity contribution in [2.24, 2.45) is 23.7 Å². The maximum atomic E-state index is 14.7. The van der Waals surface area contributed by atoms with E-state index in [4.69, 9.17) is 28.4 Å². The highest BCUT2D eigenvalue weighted by atomic mass is 19.1. The van der Waals surface area contributed by atoms with Gasteiger partial charge in [-0.1, -0.05) is 57.2 Å². The van der Waals surface area contributed by atoms with Crippen LogP contribution in [0.15, 0.2) is 30.5 Å². The van der Waals surface area contributed by atoms with Crippen LogP contribution in [0.1, 0.15) is 129 Å². The molecule has 20 atom stereocenters. The molecular formula is C52H86FN5O13. The Hall–Kier alpha value is -3.05. The highest BCUT2D eigenvalue weighted by Crippen LogP contribution is 2.45. The van der Waals surface area contributed by atoms with E-state index in [0.29, 0.717) is 42.8 Å². The van der Waals surface area contributed by atoms with Gasteiger partial charge in [0.05, 0.1) is 47.2 Å². The van der Waals surface area contributed by atoms with E-state index in [1.165, 1.54) is 25.8 Å². The number of halogens is 1. The molecule has 71 heavy (non-hydrogen) atoms. The van der Waals surface area contributed by atoms with Crippen LogP contribution in [0, 0.1) is 23.7 Å². The van der Waals surface area contributed by atoms with Crippen LogP contribution in [0.2, 0.25) is 0 Å². The van der Waals surface area contributed by atoms with Crippen LogP contribution < -0.4 is 0 Å². The van der Waals surface area contributed by atoms with Crippen molar-refractivity contribution in [1.29, 1.82) is 0 Å². The summed E-state index contributed by atoms with van der Waals surface area (Å²) in [7, 11) is 6.72. The summed E-state index contributed by atoms with van der Waals surface area (Å²) >= 11 is 0. The highest BCUT2D eigenvalue weighted by Gasteiger charge is 2.55. The van der Waals surface area contributed by atoms with Crippen molar-refractivity contribution in [3.63, 3.8) is 0 Å². The largest absolute Gasteiger partial charge is 0.459 e. The van der Waals surface area contributed by atoms with Gasteiger partial charge in [0.15, 0.2) is 6.29 Å². The molecule has 0 amide bonds. The van der Waals surface area contributed by atoms with Gasteiger partial charge in [0, 0.05) is 69.9 Å². The number of carbonyl (C=O) groups excluding carboxylic acids is 2. The maximum Gasteiger partial charge on any atom is 0.309 e. The number of nitrogens with zero attached hydrogens (tertiary/aromatic N) is 5. The number of aldehydes is 1. The molecule has 1 aromatic heterocycles. The molecule has 2 aromatic rings. The molecule has 0 saturated carbocycles. The number of likely N-dealkylation sites (N-methyl/N-ethyl adjacent to an activating group) is 2. The topological polar surface area (TPSA) is 228 Å². The summed E-state index contributed by atoms with van der Waals surface area (Å²) in [5.74, 6) is -3.28. The van der Waals surface area contributed by atoms with Crippen LogP contribution in [-0.2, 0) is 39.6 Å². The molecule has 3 aliphatic rings. The quantitative estimate of drug-likeness (QED) is 0.125. The molecular weight excluding hydrogens is 922 g/mol. The third-order valence-corrected chi connectivity index (χ3v) is 16.2. The van der Waals surface area contributed by atoms with Crippen LogP contribution in [0.3, 0.4) is 0 Å². The number of carbonyl (C=O) groups is 2. The zero-order chi connectivity index (χ0) is 52.9. The van der Waals surface area contributed by atoms with E-state index in [2.05, 4.69) is 10.3 Å². The minimum atomic E-state index is -1.83. The molecule has 3 fully saturated rings. The summed E-state index contributed by atoms with van der Waals surface area (Å²) in [6.07, 6.45) is -5.67. The Morgan fingerprint density at radius 3 is 2.25 bits per heavy atom. The zero-order valence-electron chi connectivity index (χ0n) is 44.6. The van der Waals surface area contributed by atoms with Crippen molar-refractivity contribution in [3.8, 4) is 0 Å². The number of esters is 1. The van der Waals surface area contributed by atoms with Crippen molar-refractivity contribution in [3.05, 3.63) is 47.3 Å². The Balaban J connectivity index is 1.46. The monoisotopic (exact) mass is 1010 g/mol. The minimum Gasteiger partial charge on any atom is -0.459 e. The molecule has 3 saturated heterocycles. The van der Waals surface area contributed by atoms with Gasteiger partial charge in [-0.25, -0.2) is 9.07 Å². The van der Waals surface area contributed by atoms with Crippen molar-refractivity contribution in [2.45, 2.75) is 197 Å². The summed E-state index contributed by atoms with van der Waals surface area (Å²) in [5.41, 5.74) is -2.77. The summed E-state index contributed by atoms with van der Waals surface area (Å²) in [4.78, 5) is 29.8. The van der Waals surface area contributed by atoms with Gasteiger partial charge in [-0.05, 0) is 92.3 Å². The second kappa shape index (κ2) is 24.5. The zero-order valence-corrected chi connectivity index (χ0v) is 44.6. The number of ether oxygens (including phenoxy) is 6. The first-order valence-corrected chi connectivity index (χ1v) is 25.4. The fourth-order valence-electron chi connectivity index (χ4n) is 11.8. The van der Waals surface area contributed by atoms with Crippen molar-refractivity contribution < 1.29 is 67.9 Å². The number of rotatable bonds is 15. The number of alkyl halides is 1. The van der Waals surface area contributed by atoms with Crippen molar-refractivity contribution >= 4 is 12.3 Å². The molecule has 3 aliphatic heterocycles. The van der Waals surface area contributed by atoms with Crippen LogP contribution in [0.4, 0.5) is 4.39 Å². The van der Waals surface area contributed by atoms with E-state index in [1.54, 1.807) is 72.0 Å². The lowest BCUT2D eigenvalue weighted by Gasteiger charge is -2.51. The number of hydrogen-bond donors (Lipinski definition) is 5. The number of aliphatic hydroxyl groups excluding tert-OH is 3. The number of cyclic esters (lactones) is 1. The van der Waals surface area contributed by atoms with Gasteiger partial charge < -0.3 is 63.8 Å². The van der Waals surface area contributed by atoms with Gasteiger partial charge >= 0.3 is 5.97 Å². The first-order valence-electron chi connectivity index (χ1n) is 25.4. The minimum absolute atomic E-state index is 0.167. The van der Waals surface area contributed by atoms with Crippen LogP contribution >= 0.6 is 0 Å². The van der Waals surface area contributed by atoms with E-state index < -0.39 is 127 Å². The number of methoxy groups -OCH3 is 2. The lowest BCUT2D eigenvalue weighted by Crippen LogP contribution is -2.62. The molecule has 18 nitrogen and oxygen atoms in total. The van der Waals surface area contributed by atoms with Gasteiger partial charge in [0.2, 0.25) is 0 Å². The Kier molecular flexibility index (Phi) is 20.3. The first-order chi connectivity index (χ1) is 33.3. The van der Waals surface area contributed by atoms with Crippen LogP contribution in [0.25, 0.3) is 0 Å². The number of aliphatic hydroxyl groups is 5. The van der Waals surface area contributed by atoms with E-state index in [0.717, 1.165) is 6.29 Å². The fourth-order valence-corrected chi connectivity index (χ4v) is 11.8. The predicted octanol–water partition coefficient (Wildman–Crippen LogP) is 4.09. The molecule has 0 bridgehead atoms. The SMILES string of the molecule is CC[C@H]1OC(=O)[C@H](C)C([C@H]2C[C@@](C)(OC)[C@@H](O)[C@H](C)O2)[C@H](C)[C@@H](O[C@@H]2O[C@H](C)C[C@H](N(C)CCc3cn([C@H](CF)[C@H](OC)c4ccc(C=O)cc4)nn3)[C@H]2O)[C@](C)(O)C[C@@H](C)CN(C)[C@H](C)[C@@H](O)[C@]1(C)O. The second-order valence-corrected chi connectivity index (χ2v) is 21.9. The summed E-state index contributed by atoms with van der Waals surface area (Å²) in [6, 6.07) is 4.86. The van der Waals surface area contributed by atoms with Gasteiger partial charge in [0.25, 0.3) is 0 Å². The molecule has 0 aliphatic carbocycles. The lowest BCUT2D eigenvalue weighted by atomic mass is 9.68. The summed E-state index contributed by atoms with van der Waals surface area (Å²) in [5, 5.41) is 68.7. The van der Waals surface area contributed by atoms with Gasteiger partial charge in [-0.15, -0.1) is 5.10 Å². The third kappa shape index (κ3) is 13.3. The molecule has 4 heterocycles. The van der Waals surface area contributed by atoms with Crippen molar-refractivity contribution in [1.82, 2.24) is 24.8 Å². The molecule has 1 aromatic carbocycles. The number of hydrogen-bond acceptors (Lipinski definition) is 17. The van der Waals surface area contributed by atoms with E-state index in [1.807, 2.05) is 44.7 Å². The Bertz CT molecular complexity index is 2000.